The second-order valence-corrected chi connectivity index (χ2v) is 4.21. The van der Waals surface area contributed by atoms with Gasteiger partial charge in [-0.25, -0.2) is 4.39 Å². The van der Waals surface area contributed by atoms with Crippen molar-refractivity contribution in [1.82, 2.24) is 10.6 Å². The number of benzene rings is 1. The van der Waals surface area contributed by atoms with Crippen molar-refractivity contribution in [2.75, 3.05) is 19.7 Å². The average Bonchev–Trinajstić information content (AvgIpc) is 2.45. The molecule has 2 amide bonds. The summed E-state index contributed by atoms with van der Waals surface area (Å²) >= 11 is 0. The number of amides is 2. The Hall–Kier alpha value is -2.39. The van der Waals surface area contributed by atoms with Gasteiger partial charge in [0, 0.05) is 32.0 Å². The average molecular weight is 292 g/mol. The Morgan fingerprint density at radius 3 is 2.62 bits per heavy atom. The van der Waals surface area contributed by atoms with Gasteiger partial charge in [0.05, 0.1) is 12.2 Å². The van der Waals surface area contributed by atoms with Crippen molar-refractivity contribution in [2.24, 2.45) is 0 Å². The Kier molecular flexibility index (Phi) is 6.92. The summed E-state index contributed by atoms with van der Waals surface area (Å²) in [6, 6.07) is 4.00. The Morgan fingerprint density at radius 2 is 2.00 bits per heavy atom. The van der Waals surface area contributed by atoms with E-state index in [4.69, 9.17) is 5.11 Å². The predicted molar refractivity (Wildman–Crippen MR) is 76.0 cm³/mol. The van der Waals surface area contributed by atoms with E-state index in [0.717, 1.165) is 6.07 Å². The summed E-state index contributed by atoms with van der Waals surface area (Å²) < 4.78 is 13.7. The molecule has 112 valence electrons. The summed E-state index contributed by atoms with van der Waals surface area (Å²) in [6.07, 6.45) is 0.269. The molecule has 0 aliphatic heterocycles. The van der Waals surface area contributed by atoms with Crippen LogP contribution in [0.1, 0.15) is 29.3 Å². The van der Waals surface area contributed by atoms with Crippen molar-refractivity contribution < 1.29 is 19.1 Å². The first-order chi connectivity index (χ1) is 10.0. The third kappa shape index (κ3) is 6.06. The molecule has 0 saturated carbocycles. The number of aliphatic hydroxyl groups excluding tert-OH is 1. The molecular weight excluding hydrogens is 275 g/mol. The molecule has 0 fully saturated rings. The van der Waals surface area contributed by atoms with Crippen LogP contribution in [-0.2, 0) is 4.79 Å². The van der Waals surface area contributed by atoms with Crippen molar-refractivity contribution in [1.29, 1.82) is 0 Å². The van der Waals surface area contributed by atoms with Crippen LogP contribution in [0.5, 0.6) is 0 Å². The first-order valence-corrected chi connectivity index (χ1v) is 6.46. The Labute approximate surface area is 122 Å². The third-order valence-electron chi connectivity index (χ3n) is 2.48. The van der Waals surface area contributed by atoms with Crippen LogP contribution in [0.4, 0.5) is 4.39 Å². The zero-order chi connectivity index (χ0) is 15.7. The Morgan fingerprint density at radius 1 is 1.29 bits per heavy atom. The molecule has 3 N–H and O–H groups in total. The smallest absolute Gasteiger partial charge is 0.251 e. The topological polar surface area (TPSA) is 78.4 Å². The van der Waals surface area contributed by atoms with Gasteiger partial charge in [-0.15, -0.1) is 0 Å². The van der Waals surface area contributed by atoms with Crippen LogP contribution in [0.15, 0.2) is 18.2 Å². The van der Waals surface area contributed by atoms with Crippen LogP contribution in [0.3, 0.4) is 0 Å². The number of rotatable bonds is 5. The van der Waals surface area contributed by atoms with E-state index >= 15 is 0 Å². The van der Waals surface area contributed by atoms with Crippen molar-refractivity contribution in [3.63, 3.8) is 0 Å². The molecule has 0 spiro atoms. The molecule has 0 unspecified atom stereocenters. The highest BCUT2D eigenvalue weighted by Gasteiger charge is 2.08. The van der Waals surface area contributed by atoms with Crippen molar-refractivity contribution in [2.45, 2.75) is 13.3 Å². The van der Waals surface area contributed by atoms with Crippen LogP contribution in [0.2, 0.25) is 0 Å². The Bertz CT molecular complexity index is 576. The van der Waals surface area contributed by atoms with Gasteiger partial charge in [-0.3, -0.25) is 9.59 Å². The molecule has 5 nitrogen and oxygen atoms in total. The monoisotopic (exact) mass is 292 g/mol. The zero-order valence-corrected chi connectivity index (χ0v) is 11.7. The number of carbonyl (C=O) groups excluding carboxylic acids is 2. The zero-order valence-electron chi connectivity index (χ0n) is 11.7. The van der Waals surface area contributed by atoms with Gasteiger partial charge in [0.2, 0.25) is 5.91 Å². The first-order valence-electron chi connectivity index (χ1n) is 6.46. The molecule has 1 rings (SSSR count). The van der Waals surface area contributed by atoms with Crippen molar-refractivity contribution in [3.8, 4) is 11.8 Å². The van der Waals surface area contributed by atoms with Gasteiger partial charge in [0.15, 0.2) is 0 Å². The molecule has 0 radical (unpaired) electrons. The fourth-order valence-electron chi connectivity index (χ4n) is 1.49. The lowest BCUT2D eigenvalue weighted by atomic mass is 10.1. The van der Waals surface area contributed by atoms with Gasteiger partial charge in [-0.05, 0) is 18.2 Å². The molecule has 0 aliphatic rings. The van der Waals surface area contributed by atoms with Crippen LogP contribution < -0.4 is 10.6 Å². The molecule has 6 heteroatoms. The second kappa shape index (κ2) is 8.72. The van der Waals surface area contributed by atoms with E-state index in [1.807, 2.05) is 0 Å². The highest BCUT2D eigenvalue weighted by Crippen LogP contribution is 2.09. The lowest BCUT2D eigenvalue weighted by molar-refractivity contribution is -0.118. The van der Waals surface area contributed by atoms with E-state index in [0.29, 0.717) is 6.54 Å². The standard InChI is InChI=1S/C15H17FN2O3/c1-11(20)17-7-8-18-15(21)13-6-5-12(14(16)10-13)4-2-3-9-19/h5-6,10,19H,3,7-9H2,1H3,(H,17,20)(H,18,21). The van der Waals surface area contributed by atoms with E-state index in [1.165, 1.54) is 19.1 Å². The molecule has 0 atom stereocenters. The number of nitrogens with one attached hydrogen (secondary N) is 2. The SMILES string of the molecule is CC(=O)NCCNC(=O)c1ccc(C#CCCO)c(F)c1. The molecule has 0 bridgehead atoms. The van der Waals surface area contributed by atoms with Crippen molar-refractivity contribution in [3.05, 3.63) is 35.1 Å². The van der Waals surface area contributed by atoms with E-state index in [1.54, 1.807) is 0 Å². The van der Waals surface area contributed by atoms with Gasteiger partial charge in [0.1, 0.15) is 5.82 Å². The molecule has 0 aromatic heterocycles. The minimum absolute atomic E-state index is 0.0800. The molecule has 0 saturated heterocycles. The van der Waals surface area contributed by atoms with Crippen LogP contribution in [0, 0.1) is 17.7 Å². The van der Waals surface area contributed by atoms with Gasteiger partial charge < -0.3 is 15.7 Å². The maximum absolute atomic E-state index is 13.7. The third-order valence-corrected chi connectivity index (χ3v) is 2.48. The normalized spacial score (nSPS) is 9.48. The maximum Gasteiger partial charge on any atom is 0.251 e. The number of hydrogen-bond acceptors (Lipinski definition) is 3. The second-order valence-electron chi connectivity index (χ2n) is 4.21. The first kappa shape index (κ1) is 16.7. The fraction of sp³-hybridized carbons (Fsp3) is 0.333. The summed E-state index contributed by atoms with van der Waals surface area (Å²) in [5.74, 6) is 4.00. The number of aliphatic hydroxyl groups is 1. The molecule has 1 aromatic carbocycles. The molecule has 0 aliphatic carbocycles. The molecule has 1 aromatic rings. The van der Waals surface area contributed by atoms with Crippen molar-refractivity contribution >= 4 is 11.8 Å². The van der Waals surface area contributed by atoms with E-state index in [9.17, 15) is 14.0 Å². The van der Waals surface area contributed by atoms with Crippen LogP contribution >= 0.6 is 0 Å². The van der Waals surface area contributed by atoms with Gasteiger partial charge in [-0.2, -0.15) is 0 Å². The summed E-state index contributed by atoms with van der Waals surface area (Å²) in [4.78, 5) is 22.4. The summed E-state index contributed by atoms with van der Waals surface area (Å²) in [7, 11) is 0. The quantitative estimate of drug-likeness (QED) is 0.544. The van der Waals surface area contributed by atoms with Crippen LogP contribution in [-0.4, -0.2) is 36.6 Å². The summed E-state index contributed by atoms with van der Waals surface area (Å²) in [6.45, 7) is 1.88. The minimum atomic E-state index is -0.588. The maximum atomic E-state index is 13.7. The Balaban J connectivity index is 2.60. The number of carbonyl (C=O) groups is 2. The fourth-order valence-corrected chi connectivity index (χ4v) is 1.49. The lowest BCUT2D eigenvalue weighted by Crippen LogP contribution is -2.33. The van der Waals surface area contributed by atoms with Gasteiger partial charge >= 0.3 is 0 Å². The predicted octanol–water partition coefficient (Wildman–Crippen LogP) is 0.425. The van der Waals surface area contributed by atoms with Gasteiger partial charge in [-0.1, -0.05) is 11.8 Å². The minimum Gasteiger partial charge on any atom is -0.395 e. The van der Waals surface area contributed by atoms with E-state index < -0.39 is 11.7 Å². The highest BCUT2D eigenvalue weighted by atomic mass is 19.1. The van der Waals surface area contributed by atoms with Gasteiger partial charge in [0.25, 0.3) is 5.91 Å². The van der Waals surface area contributed by atoms with E-state index in [2.05, 4.69) is 22.5 Å². The van der Waals surface area contributed by atoms with Crippen LogP contribution in [0.25, 0.3) is 0 Å². The number of halogens is 1. The highest BCUT2D eigenvalue weighted by molar-refractivity contribution is 5.94. The molecule has 0 heterocycles. The van der Waals surface area contributed by atoms with E-state index in [-0.39, 0.29) is 36.6 Å². The lowest BCUT2D eigenvalue weighted by Gasteiger charge is -2.06. The largest absolute Gasteiger partial charge is 0.395 e. The summed E-state index contributed by atoms with van der Waals surface area (Å²) in [5.41, 5.74) is 0.362. The molecule has 21 heavy (non-hydrogen) atoms. The number of hydrogen-bond donors (Lipinski definition) is 3. The molecular formula is C15H17FN2O3. The summed E-state index contributed by atoms with van der Waals surface area (Å²) in [5, 5.41) is 13.7.